The molecule has 166 valence electrons. The molecule has 4 heterocycles. The molecule has 3 saturated heterocycles. The van der Waals surface area contributed by atoms with Gasteiger partial charge in [0.15, 0.2) is 0 Å². The summed E-state index contributed by atoms with van der Waals surface area (Å²) in [6, 6.07) is 7.60. The van der Waals surface area contributed by atoms with Crippen molar-refractivity contribution in [1.82, 2.24) is 14.5 Å². The zero-order valence-electron chi connectivity index (χ0n) is 17.3. The first-order valence-electron chi connectivity index (χ1n) is 10.8. The summed E-state index contributed by atoms with van der Waals surface area (Å²) >= 11 is 0. The van der Waals surface area contributed by atoms with E-state index in [0.29, 0.717) is 24.9 Å². The van der Waals surface area contributed by atoms with Gasteiger partial charge in [-0.05, 0) is 42.4 Å². The molecule has 0 bridgehead atoms. The molecule has 0 aliphatic carbocycles. The van der Waals surface area contributed by atoms with Crippen LogP contribution in [0.3, 0.4) is 0 Å². The minimum Gasteiger partial charge on any atom is -0.492 e. The van der Waals surface area contributed by atoms with Crippen molar-refractivity contribution in [3.63, 3.8) is 0 Å². The minimum absolute atomic E-state index is 0.196. The van der Waals surface area contributed by atoms with Crippen molar-refractivity contribution < 1.29 is 24.2 Å². The summed E-state index contributed by atoms with van der Waals surface area (Å²) in [4.78, 5) is 23.9. The fourth-order valence-corrected chi connectivity index (χ4v) is 5.16. The van der Waals surface area contributed by atoms with Gasteiger partial charge in [-0.3, -0.25) is 4.90 Å². The van der Waals surface area contributed by atoms with E-state index in [-0.39, 0.29) is 17.6 Å². The van der Waals surface area contributed by atoms with Crippen LogP contribution in [0.25, 0.3) is 0 Å². The SMILES string of the molecule is O=C(On1c(O)ccc1O)N1CC2CN(Cc3ccc(F)cc3N3CCCC3)CC2C1. The third-order valence-corrected chi connectivity index (χ3v) is 6.68. The summed E-state index contributed by atoms with van der Waals surface area (Å²) in [6.07, 6.45) is 1.71. The first-order valence-corrected chi connectivity index (χ1v) is 10.8. The van der Waals surface area contributed by atoms with E-state index in [2.05, 4.69) is 9.80 Å². The van der Waals surface area contributed by atoms with E-state index in [1.54, 1.807) is 11.0 Å². The van der Waals surface area contributed by atoms with E-state index in [0.717, 1.165) is 61.5 Å². The number of anilines is 1. The summed E-state index contributed by atoms with van der Waals surface area (Å²) in [5.41, 5.74) is 2.16. The van der Waals surface area contributed by atoms with Crippen LogP contribution in [0.2, 0.25) is 0 Å². The Balaban J connectivity index is 1.20. The van der Waals surface area contributed by atoms with E-state index >= 15 is 0 Å². The van der Waals surface area contributed by atoms with Crippen LogP contribution in [0, 0.1) is 17.7 Å². The van der Waals surface area contributed by atoms with Gasteiger partial charge >= 0.3 is 6.09 Å². The Morgan fingerprint density at radius 1 is 1.00 bits per heavy atom. The second-order valence-electron chi connectivity index (χ2n) is 8.79. The van der Waals surface area contributed by atoms with Crippen molar-refractivity contribution in [2.45, 2.75) is 19.4 Å². The Bertz CT molecular complexity index is 941. The molecule has 3 aliphatic heterocycles. The van der Waals surface area contributed by atoms with E-state index < -0.39 is 6.09 Å². The van der Waals surface area contributed by atoms with E-state index in [1.165, 1.54) is 18.2 Å². The van der Waals surface area contributed by atoms with Gasteiger partial charge in [0.25, 0.3) is 0 Å². The van der Waals surface area contributed by atoms with Crippen molar-refractivity contribution in [2.24, 2.45) is 11.8 Å². The molecule has 0 spiro atoms. The molecule has 1 aromatic carbocycles. The number of aromatic hydroxyl groups is 2. The van der Waals surface area contributed by atoms with Gasteiger partial charge in [-0.1, -0.05) is 6.07 Å². The molecule has 2 N–H and O–H groups in total. The van der Waals surface area contributed by atoms with E-state index in [1.807, 2.05) is 6.07 Å². The summed E-state index contributed by atoms with van der Waals surface area (Å²) < 4.78 is 14.6. The van der Waals surface area contributed by atoms with E-state index in [4.69, 9.17) is 4.84 Å². The maximum atomic E-state index is 13.9. The monoisotopic (exact) mass is 430 g/mol. The zero-order chi connectivity index (χ0) is 21.5. The highest BCUT2D eigenvalue weighted by Crippen LogP contribution is 2.34. The van der Waals surface area contributed by atoms with Crippen LogP contribution >= 0.6 is 0 Å². The maximum Gasteiger partial charge on any atom is 0.434 e. The highest BCUT2D eigenvalue weighted by molar-refractivity contribution is 5.68. The lowest BCUT2D eigenvalue weighted by molar-refractivity contribution is 0.0774. The highest BCUT2D eigenvalue weighted by atomic mass is 19.1. The van der Waals surface area contributed by atoms with Crippen LogP contribution in [0.4, 0.5) is 14.9 Å². The Kier molecular flexibility index (Phi) is 5.13. The summed E-state index contributed by atoms with van der Waals surface area (Å²) in [5, 5.41) is 19.3. The summed E-state index contributed by atoms with van der Waals surface area (Å²) in [5.74, 6) is -0.169. The van der Waals surface area contributed by atoms with Crippen LogP contribution in [0.5, 0.6) is 11.8 Å². The Labute approximate surface area is 180 Å². The number of hydrogen-bond acceptors (Lipinski definition) is 6. The molecule has 1 aromatic heterocycles. The van der Waals surface area contributed by atoms with Crippen LogP contribution in [0.1, 0.15) is 18.4 Å². The average molecular weight is 430 g/mol. The first-order chi connectivity index (χ1) is 15.0. The van der Waals surface area contributed by atoms with Gasteiger partial charge in [0.2, 0.25) is 11.8 Å². The number of halogens is 1. The number of carbonyl (C=O) groups excluding carboxylic acids is 1. The Morgan fingerprint density at radius 3 is 2.29 bits per heavy atom. The predicted octanol–water partition coefficient (Wildman–Crippen LogP) is 2.25. The topological polar surface area (TPSA) is 81.4 Å². The third kappa shape index (κ3) is 3.89. The number of fused-ring (bicyclic) bond motifs is 1. The lowest BCUT2D eigenvalue weighted by atomic mass is 10.0. The van der Waals surface area contributed by atoms with Crippen molar-refractivity contribution in [3.8, 4) is 11.8 Å². The highest BCUT2D eigenvalue weighted by Gasteiger charge is 2.42. The lowest BCUT2D eigenvalue weighted by Crippen LogP contribution is -2.37. The van der Waals surface area contributed by atoms with Crippen LogP contribution < -0.4 is 9.74 Å². The van der Waals surface area contributed by atoms with Crippen molar-refractivity contribution in [3.05, 3.63) is 41.7 Å². The molecule has 0 saturated carbocycles. The minimum atomic E-state index is -0.586. The molecule has 8 nitrogen and oxygen atoms in total. The second-order valence-corrected chi connectivity index (χ2v) is 8.79. The molecule has 3 aliphatic rings. The largest absolute Gasteiger partial charge is 0.492 e. The molecule has 5 rings (SSSR count). The van der Waals surface area contributed by atoms with Crippen molar-refractivity contribution in [2.75, 3.05) is 44.2 Å². The number of nitrogens with zero attached hydrogens (tertiary/aromatic N) is 4. The number of aromatic nitrogens is 1. The zero-order valence-corrected chi connectivity index (χ0v) is 17.3. The molecule has 9 heteroatoms. The van der Waals surface area contributed by atoms with Gasteiger partial charge in [-0.25, -0.2) is 9.18 Å². The van der Waals surface area contributed by atoms with Crippen LogP contribution in [-0.4, -0.2) is 70.1 Å². The summed E-state index contributed by atoms with van der Waals surface area (Å²) in [6.45, 7) is 5.61. The second kappa shape index (κ2) is 7.96. The molecule has 3 fully saturated rings. The fraction of sp³-hybridized carbons (Fsp3) is 0.500. The molecule has 1 amide bonds. The third-order valence-electron chi connectivity index (χ3n) is 6.68. The van der Waals surface area contributed by atoms with Gasteiger partial charge in [-0.15, -0.1) is 4.73 Å². The fourth-order valence-electron chi connectivity index (χ4n) is 5.16. The molecule has 31 heavy (non-hydrogen) atoms. The van der Waals surface area contributed by atoms with Crippen molar-refractivity contribution >= 4 is 11.8 Å². The number of rotatable bonds is 4. The molecule has 2 unspecified atom stereocenters. The molecule has 0 radical (unpaired) electrons. The van der Waals surface area contributed by atoms with Gasteiger partial charge < -0.3 is 24.9 Å². The molecular formula is C22H27FN4O4. The molecule has 2 atom stereocenters. The maximum absolute atomic E-state index is 13.9. The Morgan fingerprint density at radius 2 is 1.65 bits per heavy atom. The molecular weight excluding hydrogens is 403 g/mol. The normalized spacial score (nSPS) is 23.5. The molecule has 2 aromatic rings. The number of amides is 1. The lowest BCUT2D eigenvalue weighted by Gasteiger charge is -2.25. The number of carbonyl (C=O) groups is 1. The number of benzene rings is 1. The predicted molar refractivity (Wildman–Crippen MR) is 111 cm³/mol. The Hall–Kier alpha value is -2.94. The quantitative estimate of drug-likeness (QED) is 0.775. The van der Waals surface area contributed by atoms with Gasteiger partial charge in [0.05, 0.1) is 0 Å². The smallest absolute Gasteiger partial charge is 0.434 e. The van der Waals surface area contributed by atoms with Crippen LogP contribution in [-0.2, 0) is 6.54 Å². The van der Waals surface area contributed by atoms with E-state index in [9.17, 15) is 19.4 Å². The van der Waals surface area contributed by atoms with Crippen LogP contribution in [0.15, 0.2) is 30.3 Å². The summed E-state index contributed by atoms with van der Waals surface area (Å²) in [7, 11) is 0. The standard InChI is InChI=1S/C22H27FN4O4/c23-18-4-3-15(19(9-18)25-7-1-2-8-25)10-24-11-16-13-26(14-17(16)12-24)22(30)31-27-20(28)5-6-21(27)29/h3-6,9,16-17,28-29H,1-2,7-8,10-14H2. The number of likely N-dealkylation sites (tertiary alicyclic amines) is 2. The van der Waals surface area contributed by atoms with Crippen molar-refractivity contribution in [1.29, 1.82) is 0 Å². The number of hydrogen-bond donors (Lipinski definition) is 2. The van der Waals surface area contributed by atoms with Gasteiger partial charge in [-0.2, -0.15) is 0 Å². The average Bonchev–Trinajstić information content (AvgIpc) is 3.51. The van der Waals surface area contributed by atoms with Gasteiger partial charge in [0, 0.05) is 63.6 Å². The van der Waals surface area contributed by atoms with Gasteiger partial charge in [0.1, 0.15) is 5.82 Å². The first kappa shape index (κ1) is 20.0.